The predicted molar refractivity (Wildman–Crippen MR) is 65.9 cm³/mol. The Morgan fingerprint density at radius 2 is 2.21 bits per heavy atom. The molecule has 0 amide bonds. The smallest absolute Gasteiger partial charge is 0.0548 e. The Kier molecular flexibility index (Phi) is 4.96. The van der Waals surface area contributed by atoms with Crippen LogP contribution >= 0.6 is 39.1 Å². The van der Waals surface area contributed by atoms with Crippen molar-refractivity contribution in [2.45, 2.75) is 6.54 Å². The van der Waals surface area contributed by atoms with Crippen molar-refractivity contribution in [2.75, 3.05) is 6.54 Å². The predicted octanol–water partition coefficient (Wildman–Crippen LogP) is 3.94. The van der Waals surface area contributed by atoms with Gasteiger partial charge in [-0.2, -0.15) is 0 Å². The summed E-state index contributed by atoms with van der Waals surface area (Å²) in [6.07, 6.45) is 0. The average Bonchev–Trinajstić information content (AvgIpc) is 2.10. The molecule has 0 aliphatic heterocycles. The SMILES string of the molecule is C=C(Cl)CNCc1ccc(Cl)c(Br)c1. The maximum absolute atomic E-state index is 5.86. The van der Waals surface area contributed by atoms with E-state index in [0.717, 1.165) is 21.6 Å². The first kappa shape index (κ1) is 12.1. The van der Waals surface area contributed by atoms with Gasteiger partial charge in [-0.3, -0.25) is 0 Å². The monoisotopic (exact) mass is 293 g/mol. The molecule has 1 aromatic carbocycles. The van der Waals surface area contributed by atoms with Crippen LogP contribution in [0.25, 0.3) is 0 Å². The largest absolute Gasteiger partial charge is 0.308 e. The van der Waals surface area contributed by atoms with Crippen molar-refractivity contribution in [3.8, 4) is 0 Å². The van der Waals surface area contributed by atoms with E-state index in [4.69, 9.17) is 23.2 Å². The fourth-order valence-electron chi connectivity index (χ4n) is 0.992. The lowest BCUT2D eigenvalue weighted by atomic mass is 10.2. The van der Waals surface area contributed by atoms with Crippen LogP contribution in [0.15, 0.2) is 34.3 Å². The van der Waals surface area contributed by atoms with E-state index in [1.807, 2.05) is 18.2 Å². The molecule has 0 spiro atoms. The molecule has 0 bridgehead atoms. The van der Waals surface area contributed by atoms with Crippen molar-refractivity contribution < 1.29 is 0 Å². The lowest BCUT2D eigenvalue weighted by molar-refractivity contribution is 0.754. The Balaban J connectivity index is 2.51. The normalized spacial score (nSPS) is 10.2. The van der Waals surface area contributed by atoms with E-state index in [1.165, 1.54) is 0 Å². The number of benzene rings is 1. The number of nitrogens with one attached hydrogen (secondary N) is 1. The first-order valence-electron chi connectivity index (χ1n) is 4.07. The van der Waals surface area contributed by atoms with E-state index in [9.17, 15) is 0 Å². The molecule has 4 heteroatoms. The zero-order chi connectivity index (χ0) is 10.6. The van der Waals surface area contributed by atoms with E-state index < -0.39 is 0 Å². The second-order valence-corrected chi connectivity index (χ2v) is 4.67. The minimum absolute atomic E-state index is 0.609. The lowest BCUT2D eigenvalue weighted by Crippen LogP contribution is -2.14. The van der Waals surface area contributed by atoms with Gasteiger partial charge in [-0.25, -0.2) is 0 Å². The van der Waals surface area contributed by atoms with E-state index in [1.54, 1.807) is 0 Å². The molecule has 0 aliphatic rings. The first-order valence-corrected chi connectivity index (χ1v) is 5.62. The van der Waals surface area contributed by atoms with Gasteiger partial charge in [0.25, 0.3) is 0 Å². The number of hydrogen-bond donors (Lipinski definition) is 1. The second-order valence-electron chi connectivity index (χ2n) is 2.87. The molecule has 1 N–H and O–H groups in total. The zero-order valence-electron chi connectivity index (χ0n) is 7.49. The summed E-state index contributed by atoms with van der Waals surface area (Å²) in [5.41, 5.74) is 1.15. The van der Waals surface area contributed by atoms with Crippen LogP contribution in [-0.4, -0.2) is 6.54 Å². The number of halogens is 3. The van der Waals surface area contributed by atoms with Gasteiger partial charge >= 0.3 is 0 Å². The third-order valence-electron chi connectivity index (χ3n) is 1.63. The third-order valence-corrected chi connectivity index (χ3v) is 2.98. The fraction of sp³-hybridized carbons (Fsp3) is 0.200. The van der Waals surface area contributed by atoms with Gasteiger partial charge in [-0.05, 0) is 33.6 Å². The molecule has 0 aliphatic carbocycles. The Bertz CT molecular complexity index is 339. The molecule has 0 saturated heterocycles. The first-order chi connectivity index (χ1) is 6.59. The maximum atomic E-state index is 5.86. The van der Waals surface area contributed by atoms with Gasteiger partial charge in [0.05, 0.1) is 5.02 Å². The summed E-state index contributed by atoms with van der Waals surface area (Å²) in [5.74, 6) is 0. The van der Waals surface area contributed by atoms with E-state index >= 15 is 0 Å². The summed E-state index contributed by atoms with van der Waals surface area (Å²) in [6, 6.07) is 5.81. The second kappa shape index (κ2) is 5.76. The van der Waals surface area contributed by atoms with Gasteiger partial charge in [0.1, 0.15) is 0 Å². The van der Waals surface area contributed by atoms with E-state index in [-0.39, 0.29) is 0 Å². The molecule has 1 nitrogen and oxygen atoms in total. The van der Waals surface area contributed by atoms with Crippen LogP contribution in [-0.2, 0) is 6.54 Å². The topological polar surface area (TPSA) is 12.0 Å². The lowest BCUT2D eigenvalue weighted by Gasteiger charge is -2.04. The minimum atomic E-state index is 0.609. The Morgan fingerprint density at radius 3 is 2.79 bits per heavy atom. The summed E-state index contributed by atoms with van der Waals surface area (Å²) in [5, 5.41) is 4.48. The molecule has 0 saturated carbocycles. The van der Waals surface area contributed by atoms with Crippen LogP contribution in [0.3, 0.4) is 0 Å². The van der Waals surface area contributed by atoms with Gasteiger partial charge in [-0.15, -0.1) is 0 Å². The quantitative estimate of drug-likeness (QED) is 0.887. The zero-order valence-corrected chi connectivity index (χ0v) is 10.6. The summed E-state index contributed by atoms with van der Waals surface area (Å²) in [4.78, 5) is 0. The molecule has 0 radical (unpaired) electrons. The Morgan fingerprint density at radius 1 is 1.50 bits per heavy atom. The van der Waals surface area contributed by atoms with Crippen molar-refractivity contribution in [1.82, 2.24) is 5.32 Å². The fourth-order valence-corrected chi connectivity index (χ4v) is 1.63. The standard InChI is InChI=1S/C10H10BrCl2N/c1-7(12)5-14-6-8-2-3-10(13)9(11)4-8/h2-4,14H,1,5-6H2. The van der Waals surface area contributed by atoms with Crippen molar-refractivity contribution >= 4 is 39.1 Å². The van der Waals surface area contributed by atoms with Crippen molar-refractivity contribution in [1.29, 1.82) is 0 Å². The summed E-state index contributed by atoms with van der Waals surface area (Å²) in [6.45, 7) is 4.95. The summed E-state index contributed by atoms with van der Waals surface area (Å²) in [7, 11) is 0. The highest BCUT2D eigenvalue weighted by Crippen LogP contribution is 2.23. The van der Waals surface area contributed by atoms with Gasteiger partial charge in [0.15, 0.2) is 0 Å². The minimum Gasteiger partial charge on any atom is -0.308 e. The Hall–Kier alpha value is -0.0200. The highest BCUT2D eigenvalue weighted by atomic mass is 79.9. The average molecular weight is 295 g/mol. The molecule has 0 aromatic heterocycles. The molecule has 0 unspecified atom stereocenters. The molecule has 76 valence electrons. The number of hydrogen-bond acceptors (Lipinski definition) is 1. The highest BCUT2D eigenvalue weighted by Gasteiger charge is 1.98. The van der Waals surface area contributed by atoms with Gasteiger partial charge in [-0.1, -0.05) is 35.8 Å². The summed E-state index contributed by atoms with van der Waals surface area (Å²) < 4.78 is 0.906. The number of rotatable bonds is 4. The highest BCUT2D eigenvalue weighted by molar-refractivity contribution is 9.10. The molecule has 0 fully saturated rings. The maximum Gasteiger partial charge on any atom is 0.0548 e. The molecule has 1 aromatic rings. The van der Waals surface area contributed by atoms with Crippen molar-refractivity contribution in [3.05, 3.63) is 44.9 Å². The van der Waals surface area contributed by atoms with Crippen LogP contribution < -0.4 is 5.32 Å². The summed E-state index contributed by atoms with van der Waals surface area (Å²) >= 11 is 14.8. The van der Waals surface area contributed by atoms with Gasteiger partial charge in [0, 0.05) is 22.6 Å². The van der Waals surface area contributed by atoms with Crippen LogP contribution in [0.2, 0.25) is 5.02 Å². The van der Waals surface area contributed by atoms with Crippen LogP contribution in [0.5, 0.6) is 0 Å². The van der Waals surface area contributed by atoms with Crippen LogP contribution in [0.1, 0.15) is 5.56 Å². The molecule has 0 atom stereocenters. The molecule has 14 heavy (non-hydrogen) atoms. The van der Waals surface area contributed by atoms with Gasteiger partial charge in [0.2, 0.25) is 0 Å². The van der Waals surface area contributed by atoms with Gasteiger partial charge < -0.3 is 5.32 Å². The third kappa shape index (κ3) is 4.01. The van der Waals surface area contributed by atoms with Crippen molar-refractivity contribution in [2.24, 2.45) is 0 Å². The van der Waals surface area contributed by atoms with Crippen LogP contribution in [0, 0.1) is 0 Å². The molecular weight excluding hydrogens is 285 g/mol. The van der Waals surface area contributed by atoms with E-state index in [0.29, 0.717) is 11.6 Å². The van der Waals surface area contributed by atoms with E-state index in [2.05, 4.69) is 27.8 Å². The molecule has 0 heterocycles. The van der Waals surface area contributed by atoms with Crippen molar-refractivity contribution in [3.63, 3.8) is 0 Å². The molecular formula is C10H10BrCl2N. The Labute approximate surface area is 102 Å². The molecule has 1 rings (SSSR count). The van der Waals surface area contributed by atoms with Crippen LogP contribution in [0.4, 0.5) is 0 Å².